The minimum absolute atomic E-state index is 0.621. The van der Waals surface area contributed by atoms with Gasteiger partial charge in [-0.05, 0) is 170 Å². The molecule has 8 nitrogen and oxygen atoms in total. The average molecular weight is 1480 g/mol. The molecular weight excluding hydrogens is 1410 g/mol. The largest absolute Gasteiger partial charge is 0.208 e. The van der Waals surface area contributed by atoms with Crippen LogP contribution >= 0.6 is 0 Å². The molecule has 0 bridgehead atoms. The van der Waals surface area contributed by atoms with Crippen LogP contribution in [0.25, 0.3) is 146 Å². The van der Waals surface area contributed by atoms with Crippen LogP contribution in [0.15, 0.2) is 413 Å². The lowest BCUT2D eigenvalue weighted by molar-refractivity contribution is 0.769. The van der Waals surface area contributed by atoms with Gasteiger partial charge in [0.1, 0.15) is 0 Å². The first-order valence-corrected chi connectivity index (χ1v) is 38.9. The zero-order valence-electron chi connectivity index (χ0n) is 62.8. The molecule has 0 radical (unpaired) electrons. The molecule has 0 amide bonds. The summed E-state index contributed by atoms with van der Waals surface area (Å²) in [5, 5.41) is 23.6. The summed E-state index contributed by atoms with van der Waals surface area (Å²) in [6, 6.07) is 149. The molecule has 0 saturated carbocycles. The van der Waals surface area contributed by atoms with E-state index in [0.29, 0.717) is 46.1 Å². The Labute approximate surface area is 672 Å². The maximum atomic E-state index is 9.52. The Morgan fingerprint density at radius 3 is 0.836 bits per heavy atom. The predicted molar refractivity (Wildman–Crippen MR) is 468 cm³/mol. The SMILES string of the molecule is N#Cc1ccc(-c2cccc(C3(c4ccccc4)c4ccccc4-c4c3cc(-c3ccc(-c5nc(-c6ccccc6)nc(-c6ccccc6)n5)cc3)c3ccccc43)c2)cc1.N#Cc1ccc(-c2cccc(C3(c4ccccc4)c4ccccc4-c4c3cc(-c3nc(-c5ccccc5)nc(-c5ccccc5)n3)c3ccccc43)c2)cc1. The van der Waals surface area contributed by atoms with E-state index in [1.165, 1.54) is 72.0 Å². The van der Waals surface area contributed by atoms with Crippen LogP contribution < -0.4 is 0 Å². The van der Waals surface area contributed by atoms with Gasteiger partial charge in [0.25, 0.3) is 0 Å². The van der Waals surface area contributed by atoms with Gasteiger partial charge in [-0.15, -0.1) is 0 Å². The second-order valence-corrected chi connectivity index (χ2v) is 29.3. The van der Waals surface area contributed by atoms with Crippen molar-refractivity contribution in [2.75, 3.05) is 0 Å². The minimum Gasteiger partial charge on any atom is -0.208 e. The number of nitrogens with zero attached hydrogens (tertiary/aromatic N) is 8. The van der Waals surface area contributed by atoms with Crippen molar-refractivity contribution in [3.8, 4) is 136 Å². The molecule has 2 atom stereocenters. The second kappa shape index (κ2) is 29.5. The van der Waals surface area contributed by atoms with Crippen LogP contribution in [0, 0.1) is 22.7 Å². The van der Waals surface area contributed by atoms with E-state index in [0.717, 1.165) is 83.1 Å². The van der Waals surface area contributed by atoms with Crippen molar-refractivity contribution in [1.82, 2.24) is 29.9 Å². The summed E-state index contributed by atoms with van der Waals surface area (Å²) in [7, 11) is 0. The molecule has 2 aromatic heterocycles. The highest BCUT2D eigenvalue weighted by Gasteiger charge is 2.49. The Balaban J connectivity index is 0.000000150. The summed E-state index contributed by atoms with van der Waals surface area (Å²) in [4.78, 5) is 30.4. The quantitative estimate of drug-likeness (QED) is 0.112. The first kappa shape index (κ1) is 69.5. The molecule has 19 aromatic rings. The summed E-state index contributed by atoms with van der Waals surface area (Å²) in [6.45, 7) is 0. The van der Waals surface area contributed by atoms with Gasteiger partial charge in [-0.2, -0.15) is 10.5 Å². The third-order valence-electron chi connectivity index (χ3n) is 22.9. The van der Waals surface area contributed by atoms with Crippen LogP contribution in [0.4, 0.5) is 0 Å². The third kappa shape index (κ3) is 12.0. The van der Waals surface area contributed by atoms with Gasteiger partial charge in [-0.3, -0.25) is 0 Å². The summed E-state index contributed by atoms with van der Waals surface area (Å²) < 4.78 is 0. The van der Waals surface area contributed by atoms with Crippen molar-refractivity contribution >= 4 is 21.5 Å². The Morgan fingerprint density at radius 2 is 0.457 bits per heavy atom. The fourth-order valence-corrected chi connectivity index (χ4v) is 17.7. The lowest BCUT2D eigenvalue weighted by Gasteiger charge is -2.34. The number of fused-ring (bicyclic) bond motifs is 10. The highest BCUT2D eigenvalue weighted by molar-refractivity contribution is 6.12. The van der Waals surface area contributed by atoms with Crippen LogP contribution in [-0.4, -0.2) is 29.9 Å². The van der Waals surface area contributed by atoms with Crippen molar-refractivity contribution in [2.24, 2.45) is 0 Å². The Hall–Kier alpha value is -15.7. The first-order chi connectivity index (χ1) is 57.4. The topological polar surface area (TPSA) is 125 Å². The molecule has 21 rings (SSSR count). The van der Waals surface area contributed by atoms with E-state index >= 15 is 0 Å². The normalized spacial score (nSPS) is 14.1. The highest BCUT2D eigenvalue weighted by atomic mass is 15.0. The van der Waals surface area contributed by atoms with E-state index < -0.39 is 10.8 Å². The lowest BCUT2D eigenvalue weighted by atomic mass is 9.67. The molecule has 0 fully saturated rings. The number of hydrogen-bond donors (Lipinski definition) is 0. The van der Waals surface area contributed by atoms with Crippen molar-refractivity contribution in [1.29, 1.82) is 10.5 Å². The number of hydrogen-bond acceptors (Lipinski definition) is 8. The number of nitriles is 2. The van der Waals surface area contributed by atoms with E-state index in [2.05, 4.69) is 255 Å². The summed E-state index contributed by atoms with van der Waals surface area (Å²) in [5.74, 6) is 3.77. The number of benzene rings is 17. The molecule has 0 spiro atoms. The van der Waals surface area contributed by atoms with Gasteiger partial charge in [-0.25, -0.2) is 29.9 Å². The van der Waals surface area contributed by atoms with Crippen molar-refractivity contribution < 1.29 is 0 Å². The molecule has 2 unspecified atom stereocenters. The Bertz CT molecular complexity index is 6940. The maximum Gasteiger partial charge on any atom is 0.164 e. The summed E-state index contributed by atoms with van der Waals surface area (Å²) >= 11 is 0. The molecule has 0 saturated heterocycles. The molecule has 8 heteroatoms. The van der Waals surface area contributed by atoms with Gasteiger partial charge >= 0.3 is 0 Å². The lowest BCUT2D eigenvalue weighted by Crippen LogP contribution is -2.28. The fourth-order valence-electron chi connectivity index (χ4n) is 17.7. The van der Waals surface area contributed by atoms with Gasteiger partial charge in [0.2, 0.25) is 0 Å². The zero-order chi connectivity index (χ0) is 77.5. The smallest absolute Gasteiger partial charge is 0.164 e. The van der Waals surface area contributed by atoms with Gasteiger partial charge in [-0.1, -0.05) is 364 Å². The Morgan fingerprint density at radius 1 is 0.181 bits per heavy atom. The number of aromatic nitrogens is 6. The van der Waals surface area contributed by atoms with Crippen LogP contribution in [0.2, 0.25) is 0 Å². The van der Waals surface area contributed by atoms with E-state index in [-0.39, 0.29) is 0 Å². The van der Waals surface area contributed by atoms with Gasteiger partial charge in [0.05, 0.1) is 34.1 Å². The summed E-state index contributed by atoms with van der Waals surface area (Å²) in [5.41, 5.74) is 26.7. The van der Waals surface area contributed by atoms with Crippen molar-refractivity contribution in [3.63, 3.8) is 0 Å². The molecule has 2 heterocycles. The molecule has 2 aliphatic carbocycles. The Kier molecular flexibility index (Phi) is 17.7. The van der Waals surface area contributed by atoms with Crippen LogP contribution in [-0.2, 0) is 10.8 Å². The van der Waals surface area contributed by atoms with Crippen LogP contribution in [0.3, 0.4) is 0 Å². The molecule has 0 N–H and O–H groups in total. The van der Waals surface area contributed by atoms with E-state index in [1.807, 2.05) is 170 Å². The van der Waals surface area contributed by atoms with Crippen LogP contribution in [0.1, 0.15) is 55.6 Å². The third-order valence-corrected chi connectivity index (χ3v) is 22.9. The molecule has 17 aromatic carbocycles. The van der Waals surface area contributed by atoms with E-state index in [1.54, 1.807) is 0 Å². The van der Waals surface area contributed by atoms with Crippen molar-refractivity contribution in [2.45, 2.75) is 10.8 Å². The standard InChI is InChI=1S/C57H36N4.C51H32N4/c58-37-38-27-29-39(30-28-38)44-19-14-22-46(35-44)57(45-20-8-3-9-21-45)51-26-13-12-25-49(51)53-48-24-11-10-23-47(48)50(36-52(53)57)40-31-33-43(34-32-40)56-60-54(41-15-4-1-5-16-41)59-55(61-56)42-17-6-2-7-18-42;52-33-34-27-29-35(30-28-34)38-19-14-22-40(31-38)51(39-20-8-3-9-21-39)45-26-13-12-25-43(45)47-42-24-11-10-23-41(42)44(32-46(47)51)50-54-48(36-15-4-1-5-16-36)53-49(55-50)37-17-6-2-7-18-37/h1-36H;1-32H. The summed E-state index contributed by atoms with van der Waals surface area (Å²) in [6.07, 6.45) is 0. The first-order valence-electron chi connectivity index (χ1n) is 38.9. The average Bonchev–Trinajstić information content (AvgIpc) is 1.50. The van der Waals surface area contributed by atoms with Gasteiger partial charge in [0.15, 0.2) is 34.9 Å². The second-order valence-electron chi connectivity index (χ2n) is 29.3. The monoisotopic (exact) mass is 1480 g/mol. The van der Waals surface area contributed by atoms with E-state index in [9.17, 15) is 10.5 Å². The van der Waals surface area contributed by atoms with Crippen LogP contribution in [0.5, 0.6) is 0 Å². The molecular formula is C108H68N8. The van der Waals surface area contributed by atoms with E-state index in [4.69, 9.17) is 29.9 Å². The van der Waals surface area contributed by atoms with Gasteiger partial charge < -0.3 is 0 Å². The maximum absolute atomic E-state index is 9.52. The number of rotatable bonds is 13. The molecule has 0 aliphatic heterocycles. The zero-order valence-corrected chi connectivity index (χ0v) is 62.8. The van der Waals surface area contributed by atoms with Gasteiger partial charge in [0, 0.05) is 33.4 Å². The fraction of sp³-hybridized carbons (Fsp3) is 0.0185. The predicted octanol–water partition coefficient (Wildman–Crippen LogP) is 25.5. The van der Waals surface area contributed by atoms with Crippen molar-refractivity contribution in [3.05, 3.63) is 468 Å². The highest BCUT2D eigenvalue weighted by Crippen LogP contribution is 2.61. The molecule has 540 valence electrons. The minimum atomic E-state index is -0.674. The molecule has 2 aliphatic rings. The molecule has 116 heavy (non-hydrogen) atoms.